The van der Waals surface area contributed by atoms with Gasteiger partial charge in [-0.05, 0) is 29.3 Å². The van der Waals surface area contributed by atoms with Crippen LogP contribution in [0.2, 0.25) is 0 Å². The molecule has 1 aromatic heterocycles. The smallest absolute Gasteiger partial charge is 0.226 e. The van der Waals surface area contributed by atoms with Crippen LogP contribution in [0.1, 0.15) is 6.42 Å². The molecule has 0 unspecified atom stereocenters. The van der Waals surface area contributed by atoms with Gasteiger partial charge in [0.15, 0.2) is 0 Å². The zero-order valence-electron chi connectivity index (χ0n) is 12.5. The van der Waals surface area contributed by atoms with Crippen LogP contribution < -0.4 is 4.90 Å². The Hall–Kier alpha value is -2.68. The van der Waals surface area contributed by atoms with E-state index in [4.69, 9.17) is 4.98 Å². The predicted octanol–water partition coefficient (Wildman–Crippen LogP) is 4.06. The zero-order chi connectivity index (χ0) is 15.1. The van der Waals surface area contributed by atoms with Gasteiger partial charge in [-0.2, -0.15) is 0 Å². The quantitative estimate of drug-likeness (QED) is 0.680. The molecule has 3 nitrogen and oxygen atoms in total. The lowest BCUT2D eigenvalue weighted by molar-refractivity contribution is 0.879. The fraction of sp³-hybridized carbons (Fsp3) is 0.158. The van der Waals surface area contributed by atoms with Gasteiger partial charge in [-0.1, -0.05) is 48.6 Å². The lowest BCUT2D eigenvalue weighted by atomic mass is 10.1. The number of anilines is 1. The highest BCUT2D eigenvalue weighted by molar-refractivity contribution is 5.86. The summed E-state index contributed by atoms with van der Waals surface area (Å²) in [6.45, 7) is 4.01. The molecular formula is C19H17N3. The summed E-state index contributed by atoms with van der Waals surface area (Å²) in [4.78, 5) is 11.2. The first-order chi connectivity index (χ1) is 10.7. The summed E-state index contributed by atoms with van der Waals surface area (Å²) in [5.41, 5.74) is 3.32. The van der Waals surface area contributed by atoms with Crippen LogP contribution in [0.15, 0.2) is 66.9 Å². The molecule has 0 amide bonds. The molecule has 108 valence electrons. The van der Waals surface area contributed by atoms with E-state index in [1.54, 1.807) is 0 Å². The van der Waals surface area contributed by atoms with Gasteiger partial charge >= 0.3 is 0 Å². The maximum atomic E-state index is 4.72. The monoisotopic (exact) mass is 287 g/mol. The molecule has 2 aromatic carbocycles. The Kier molecular flexibility index (Phi) is 2.93. The number of rotatable bonds is 3. The molecule has 0 spiro atoms. The van der Waals surface area contributed by atoms with Crippen molar-refractivity contribution in [1.29, 1.82) is 0 Å². The molecule has 3 aromatic rings. The molecule has 3 heteroatoms. The predicted molar refractivity (Wildman–Crippen MR) is 90.9 cm³/mol. The minimum Gasteiger partial charge on any atom is -0.337 e. The number of hydrogen-bond donors (Lipinski definition) is 0. The van der Waals surface area contributed by atoms with Gasteiger partial charge in [-0.3, -0.25) is 0 Å². The van der Waals surface area contributed by atoms with Gasteiger partial charge in [0.1, 0.15) is 0 Å². The van der Waals surface area contributed by atoms with Gasteiger partial charge in [0.2, 0.25) is 5.95 Å². The number of aromatic nitrogens is 2. The summed E-state index contributed by atoms with van der Waals surface area (Å²) >= 11 is 0. The summed E-state index contributed by atoms with van der Waals surface area (Å²) < 4.78 is 0. The van der Waals surface area contributed by atoms with Crippen molar-refractivity contribution in [2.45, 2.75) is 12.5 Å². The number of hydrogen-bond acceptors (Lipinski definition) is 3. The first kappa shape index (κ1) is 13.0. The van der Waals surface area contributed by atoms with Gasteiger partial charge in [-0.25, -0.2) is 9.97 Å². The van der Waals surface area contributed by atoms with E-state index in [1.807, 2.05) is 19.3 Å². The maximum Gasteiger partial charge on any atom is 0.226 e. The van der Waals surface area contributed by atoms with E-state index in [0.717, 1.165) is 23.6 Å². The minimum atomic E-state index is 0.395. The molecule has 22 heavy (non-hydrogen) atoms. The topological polar surface area (TPSA) is 29.0 Å². The minimum absolute atomic E-state index is 0.395. The molecule has 1 heterocycles. The molecule has 4 rings (SSSR count). The molecule has 1 aliphatic carbocycles. The Morgan fingerprint density at radius 2 is 1.86 bits per heavy atom. The van der Waals surface area contributed by atoms with Crippen molar-refractivity contribution >= 4 is 16.7 Å². The van der Waals surface area contributed by atoms with E-state index in [1.165, 1.54) is 16.3 Å². The third kappa shape index (κ3) is 2.25. The van der Waals surface area contributed by atoms with Crippen molar-refractivity contribution in [3.63, 3.8) is 0 Å². The fourth-order valence-electron chi connectivity index (χ4n) is 2.77. The summed E-state index contributed by atoms with van der Waals surface area (Å²) in [6.07, 6.45) is 2.87. The van der Waals surface area contributed by atoms with E-state index >= 15 is 0 Å². The summed E-state index contributed by atoms with van der Waals surface area (Å²) in [5, 5.41) is 2.47. The molecule has 0 N–H and O–H groups in total. The van der Waals surface area contributed by atoms with Crippen molar-refractivity contribution in [2.24, 2.45) is 0 Å². The van der Waals surface area contributed by atoms with Gasteiger partial charge in [-0.15, -0.1) is 0 Å². The Balaban J connectivity index is 1.73. The first-order valence-electron chi connectivity index (χ1n) is 7.45. The van der Waals surface area contributed by atoms with Crippen molar-refractivity contribution in [2.75, 3.05) is 11.9 Å². The molecular weight excluding hydrogens is 270 g/mol. The second-order valence-electron chi connectivity index (χ2n) is 5.79. The average Bonchev–Trinajstić information content (AvgIpc) is 3.30. The summed E-state index contributed by atoms with van der Waals surface area (Å²) in [7, 11) is 2.03. The molecule has 1 aliphatic rings. The number of fused-ring (bicyclic) bond motifs is 1. The molecule has 0 bridgehead atoms. The highest BCUT2D eigenvalue weighted by Gasteiger charge is 2.32. The molecule has 0 saturated heterocycles. The molecule has 1 fully saturated rings. The molecule has 1 atom stereocenters. The van der Waals surface area contributed by atoms with Crippen LogP contribution in [-0.4, -0.2) is 23.1 Å². The number of likely N-dealkylation sites (N-methyl/N-ethyl adjacent to an activating group) is 1. The Morgan fingerprint density at radius 1 is 1.09 bits per heavy atom. The van der Waals surface area contributed by atoms with Crippen molar-refractivity contribution < 1.29 is 0 Å². The van der Waals surface area contributed by atoms with Crippen LogP contribution in [0.3, 0.4) is 0 Å². The number of benzene rings is 2. The highest BCUT2D eigenvalue weighted by Crippen LogP contribution is 2.34. The number of nitrogens with zero attached hydrogens (tertiary/aromatic N) is 3. The second kappa shape index (κ2) is 4.95. The Labute approximate surface area is 129 Å². The van der Waals surface area contributed by atoms with Crippen LogP contribution in [-0.2, 0) is 0 Å². The second-order valence-corrected chi connectivity index (χ2v) is 5.79. The van der Waals surface area contributed by atoms with Crippen molar-refractivity contribution in [1.82, 2.24) is 9.97 Å². The largest absolute Gasteiger partial charge is 0.337 e. The SMILES string of the molecule is C=C1C[C@H]1N(C)c1nccc(-c2ccc3ccccc3c2)n1. The third-order valence-corrected chi connectivity index (χ3v) is 4.24. The van der Waals surface area contributed by atoms with Gasteiger partial charge in [0, 0.05) is 18.8 Å². The van der Waals surface area contributed by atoms with E-state index in [2.05, 4.69) is 58.9 Å². The molecule has 1 saturated carbocycles. The Morgan fingerprint density at radius 3 is 2.64 bits per heavy atom. The summed E-state index contributed by atoms with van der Waals surface area (Å²) in [6, 6.07) is 17.2. The standard InChI is InChI=1S/C19H17N3/c1-13-11-18(13)22(2)19-20-10-9-17(21-19)16-8-7-14-5-3-4-6-15(14)12-16/h3-10,12,18H,1,11H2,2H3/t18-/m1/s1. The van der Waals surface area contributed by atoms with Crippen molar-refractivity contribution in [3.05, 3.63) is 66.9 Å². The maximum absolute atomic E-state index is 4.72. The first-order valence-corrected chi connectivity index (χ1v) is 7.45. The van der Waals surface area contributed by atoms with Crippen LogP contribution in [0, 0.1) is 0 Å². The van der Waals surface area contributed by atoms with E-state index in [9.17, 15) is 0 Å². The van der Waals surface area contributed by atoms with E-state index in [0.29, 0.717) is 6.04 Å². The fourth-order valence-corrected chi connectivity index (χ4v) is 2.77. The zero-order valence-corrected chi connectivity index (χ0v) is 12.5. The highest BCUT2D eigenvalue weighted by atomic mass is 15.3. The van der Waals surface area contributed by atoms with Gasteiger partial charge in [0.25, 0.3) is 0 Å². The van der Waals surface area contributed by atoms with E-state index < -0.39 is 0 Å². The molecule has 0 aliphatic heterocycles. The van der Waals surface area contributed by atoms with Gasteiger partial charge in [0.05, 0.1) is 11.7 Å². The van der Waals surface area contributed by atoms with Crippen LogP contribution in [0.4, 0.5) is 5.95 Å². The average molecular weight is 287 g/mol. The van der Waals surface area contributed by atoms with Crippen LogP contribution in [0.5, 0.6) is 0 Å². The lowest BCUT2D eigenvalue weighted by Crippen LogP contribution is -2.22. The van der Waals surface area contributed by atoms with Crippen LogP contribution in [0.25, 0.3) is 22.0 Å². The van der Waals surface area contributed by atoms with Crippen molar-refractivity contribution in [3.8, 4) is 11.3 Å². The van der Waals surface area contributed by atoms with E-state index in [-0.39, 0.29) is 0 Å². The van der Waals surface area contributed by atoms with Crippen LogP contribution >= 0.6 is 0 Å². The lowest BCUT2D eigenvalue weighted by Gasteiger charge is -2.16. The normalized spacial score (nSPS) is 16.8. The molecule has 0 radical (unpaired) electrons. The van der Waals surface area contributed by atoms with Gasteiger partial charge < -0.3 is 4.90 Å². The third-order valence-electron chi connectivity index (χ3n) is 4.24. The Bertz CT molecular complexity index is 869. The summed E-state index contributed by atoms with van der Waals surface area (Å²) in [5.74, 6) is 0.759.